The molecule has 0 saturated heterocycles. The van der Waals surface area contributed by atoms with Gasteiger partial charge in [-0.3, -0.25) is 14.8 Å². The molecule has 6 N–H and O–H groups in total. The second kappa shape index (κ2) is 8.61. The van der Waals surface area contributed by atoms with E-state index in [0.717, 1.165) is 16.9 Å². The molecule has 8 heteroatoms. The largest absolute Gasteiger partial charge is 0.367 e. The van der Waals surface area contributed by atoms with E-state index in [9.17, 15) is 9.59 Å². The van der Waals surface area contributed by atoms with Crippen molar-refractivity contribution in [2.45, 2.75) is 31.3 Å². The number of rotatable bonds is 7. The summed E-state index contributed by atoms with van der Waals surface area (Å²) in [5.41, 5.74) is 9.17. The van der Waals surface area contributed by atoms with E-state index < -0.39 is 17.9 Å². The molecule has 8 nitrogen and oxygen atoms in total. The van der Waals surface area contributed by atoms with Gasteiger partial charge in [0.2, 0.25) is 0 Å². The minimum Gasteiger partial charge on any atom is -0.367 e. The highest BCUT2D eigenvalue weighted by Gasteiger charge is 2.19. The second-order valence-corrected chi connectivity index (χ2v) is 6.52. The summed E-state index contributed by atoms with van der Waals surface area (Å²) >= 11 is 0. The van der Waals surface area contributed by atoms with Gasteiger partial charge in [0.25, 0.3) is 11.8 Å². The van der Waals surface area contributed by atoms with Crippen LogP contribution in [0.2, 0.25) is 0 Å². The molecule has 1 heterocycles. The summed E-state index contributed by atoms with van der Waals surface area (Å²) in [7, 11) is 0. The van der Waals surface area contributed by atoms with E-state index in [1.165, 1.54) is 24.7 Å². The zero-order chi connectivity index (χ0) is 19.2. The normalized spacial score (nSPS) is 14.7. The van der Waals surface area contributed by atoms with Gasteiger partial charge in [-0.25, -0.2) is 10.5 Å². The number of nitrogens with two attached hydrogens (primary N) is 1. The van der Waals surface area contributed by atoms with E-state index in [4.69, 9.17) is 10.9 Å². The average molecular weight is 369 g/mol. The quantitative estimate of drug-likeness (QED) is 0.369. The Labute approximate surface area is 157 Å². The zero-order valence-electron chi connectivity index (χ0n) is 14.8. The van der Waals surface area contributed by atoms with Crippen LogP contribution in [0.3, 0.4) is 0 Å². The number of anilines is 1. The molecule has 1 aromatic carbocycles. The Morgan fingerprint density at radius 1 is 1.15 bits per heavy atom. The number of aromatic nitrogens is 1. The molecule has 2 aromatic rings. The van der Waals surface area contributed by atoms with Crippen LogP contribution in [0.4, 0.5) is 5.82 Å². The van der Waals surface area contributed by atoms with Crippen LogP contribution in [-0.4, -0.2) is 40.6 Å². The summed E-state index contributed by atoms with van der Waals surface area (Å²) in [5.74, 6) is -0.336. The highest BCUT2D eigenvalue weighted by atomic mass is 16.5. The van der Waals surface area contributed by atoms with Crippen molar-refractivity contribution in [1.82, 2.24) is 15.8 Å². The molecular formula is C19H23N5O3. The van der Waals surface area contributed by atoms with Crippen molar-refractivity contribution >= 4 is 17.6 Å². The lowest BCUT2D eigenvalue weighted by Gasteiger charge is -2.26. The minimum atomic E-state index is -0.998. The van der Waals surface area contributed by atoms with Gasteiger partial charge in [0, 0.05) is 29.9 Å². The lowest BCUT2D eigenvalue weighted by molar-refractivity contribution is -0.130. The molecule has 27 heavy (non-hydrogen) atoms. The first-order valence-corrected chi connectivity index (χ1v) is 8.88. The van der Waals surface area contributed by atoms with Crippen LogP contribution >= 0.6 is 0 Å². The number of carbonyl (C=O) groups excluding carboxylic acids is 2. The molecule has 0 unspecified atom stereocenters. The first-order chi connectivity index (χ1) is 13.1. The lowest BCUT2D eigenvalue weighted by atomic mass is 9.93. The summed E-state index contributed by atoms with van der Waals surface area (Å²) in [4.78, 5) is 28.1. The first-order valence-electron chi connectivity index (χ1n) is 8.88. The van der Waals surface area contributed by atoms with Crippen LogP contribution in [0, 0.1) is 0 Å². The van der Waals surface area contributed by atoms with Crippen molar-refractivity contribution in [1.29, 1.82) is 0 Å². The van der Waals surface area contributed by atoms with Gasteiger partial charge in [-0.05, 0) is 49.1 Å². The third kappa shape index (κ3) is 4.60. The van der Waals surface area contributed by atoms with Gasteiger partial charge in [0.15, 0.2) is 0 Å². The molecular weight excluding hydrogens is 346 g/mol. The Kier molecular flexibility index (Phi) is 6.00. The Morgan fingerprint density at radius 3 is 2.37 bits per heavy atom. The highest BCUT2D eigenvalue weighted by molar-refractivity contribution is 5.97. The number of hydrogen-bond acceptors (Lipinski definition) is 6. The maximum absolute atomic E-state index is 12.2. The van der Waals surface area contributed by atoms with Gasteiger partial charge < -0.3 is 16.4 Å². The molecule has 1 saturated carbocycles. The molecule has 0 bridgehead atoms. The highest BCUT2D eigenvalue weighted by Crippen LogP contribution is 2.24. The monoisotopic (exact) mass is 369 g/mol. The van der Waals surface area contributed by atoms with Crippen LogP contribution in [-0.2, 0) is 4.79 Å². The minimum absolute atomic E-state index is 0.122. The summed E-state index contributed by atoms with van der Waals surface area (Å²) in [6, 6.07) is 10.4. The van der Waals surface area contributed by atoms with Crippen molar-refractivity contribution in [2.24, 2.45) is 5.73 Å². The zero-order valence-corrected chi connectivity index (χ0v) is 14.8. The van der Waals surface area contributed by atoms with Crippen LogP contribution in [0.25, 0.3) is 11.1 Å². The van der Waals surface area contributed by atoms with Gasteiger partial charge in [0.1, 0.15) is 11.9 Å². The van der Waals surface area contributed by atoms with E-state index in [1.54, 1.807) is 18.3 Å². The molecule has 142 valence electrons. The maximum atomic E-state index is 12.2. The molecule has 1 aliphatic carbocycles. The van der Waals surface area contributed by atoms with Crippen molar-refractivity contribution in [3.05, 3.63) is 48.2 Å². The number of carbonyl (C=O) groups is 2. The van der Waals surface area contributed by atoms with E-state index in [-0.39, 0.29) is 6.54 Å². The molecule has 1 aromatic heterocycles. The number of benzene rings is 1. The fourth-order valence-corrected chi connectivity index (χ4v) is 2.78. The number of hydrogen-bond donors (Lipinski definition) is 5. The smallest absolute Gasteiger partial charge is 0.267 e. The molecule has 0 spiro atoms. The number of hydroxylamine groups is 1. The molecule has 0 radical (unpaired) electrons. The second-order valence-electron chi connectivity index (χ2n) is 6.52. The van der Waals surface area contributed by atoms with Crippen LogP contribution in [0.15, 0.2) is 42.6 Å². The van der Waals surface area contributed by atoms with Gasteiger partial charge in [-0.1, -0.05) is 12.1 Å². The molecule has 1 aliphatic rings. The van der Waals surface area contributed by atoms with Crippen molar-refractivity contribution in [3.63, 3.8) is 0 Å². The van der Waals surface area contributed by atoms with Crippen molar-refractivity contribution in [2.75, 3.05) is 11.9 Å². The Hall–Kier alpha value is -2.97. The average Bonchev–Trinajstić information content (AvgIpc) is 2.68. The number of nitrogens with one attached hydrogen (secondary N) is 3. The van der Waals surface area contributed by atoms with Crippen molar-refractivity contribution in [3.8, 4) is 11.1 Å². The van der Waals surface area contributed by atoms with Gasteiger partial charge in [-0.15, -0.1) is 0 Å². The van der Waals surface area contributed by atoms with Crippen LogP contribution < -0.4 is 21.8 Å². The van der Waals surface area contributed by atoms with Gasteiger partial charge >= 0.3 is 0 Å². The fourth-order valence-electron chi connectivity index (χ4n) is 2.78. The molecule has 3 rings (SSSR count). The summed E-state index contributed by atoms with van der Waals surface area (Å²) < 4.78 is 0. The molecule has 1 atom stereocenters. The third-order valence-corrected chi connectivity index (χ3v) is 4.67. The first kappa shape index (κ1) is 18.8. The molecule has 0 aliphatic heterocycles. The number of pyridine rings is 1. The van der Waals surface area contributed by atoms with E-state index in [1.807, 2.05) is 24.3 Å². The van der Waals surface area contributed by atoms with Gasteiger partial charge in [0.05, 0.1) is 0 Å². The van der Waals surface area contributed by atoms with Gasteiger partial charge in [-0.2, -0.15) is 0 Å². The SMILES string of the molecule is NC[C@H](NC(=O)c1ccc(-c2ccc(NC3CCC3)nc2)cc1)C(=O)NO. The fraction of sp³-hybridized carbons (Fsp3) is 0.316. The number of amides is 2. The Balaban J connectivity index is 1.63. The summed E-state index contributed by atoms with van der Waals surface area (Å²) in [5, 5.41) is 14.5. The number of nitrogens with zero attached hydrogens (tertiary/aromatic N) is 1. The van der Waals surface area contributed by atoms with E-state index in [2.05, 4.69) is 15.6 Å². The molecule has 1 fully saturated rings. The predicted octanol–water partition coefficient (Wildman–Crippen LogP) is 1.28. The van der Waals surface area contributed by atoms with Crippen molar-refractivity contribution < 1.29 is 14.8 Å². The Bertz CT molecular complexity index is 788. The predicted molar refractivity (Wildman–Crippen MR) is 101 cm³/mol. The summed E-state index contributed by atoms with van der Waals surface area (Å²) in [6.07, 6.45) is 5.45. The third-order valence-electron chi connectivity index (χ3n) is 4.67. The van der Waals surface area contributed by atoms with Crippen LogP contribution in [0.5, 0.6) is 0 Å². The maximum Gasteiger partial charge on any atom is 0.267 e. The lowest BCUT2D eigenvalue weighted by Crippen LogP contribution is -2.50. The topological polar surface area (TPSA) is 129 Å². The standard InChI is InChI=1S/C19H23N5O3/c20-10-16(19(26)24-27)23-18(25)13-6-4-12(5-7-13)14-8-9-17(21-11-14)22-15-2-1-3-15/h4-9,11,15-16,27H,1-3,10,20H2,(H,21,22)(H,23,25)(H,24,26)/t16-/m0/s1. The van der Waals surface area contributed by atoms with E-state index in [0.29, 0.717) is 11.6 Å². The summed E-state index contributed by atoms with van der Waals surface area (Å²) in [6.45, 7) is -0.122. The van der Waals surface area contributed by atoms with E-state index >= 15 is 0 Å². The molecule has 2 amide bonds. The van der Waals surface area contributed by atoms with Crippen LogP contribution in [0.1, 0.15) is 29.6 Å². The Morgan fingerprint density at radius 2 is 1.85 bits per heavy atom.